The fourth-order valence-electron chi connectivity index (χ4n) is 4.24. The molecule has 2 saturated heterocycles. The summed E-state index contributed by atoms with van der Waals surface area (Å²) in [7, 11) is 1.82. The largest absolute Gasteiger partial charge is 0.347 e. The van der Waals surface area contributed by atoms with E-state index in [9.17, 15) is 0 Å². The van der Waals surface area contributed by atoms with Crippen LogP contribution < -0.4 is 5.32 Å². The summed E-state index contributed by atoms with van der Waals surface area (Å²) in [4.78, 5) is 13.9. The van der Waals surface area contributed by atoms with Gasteiger partial charge in [0, 0.05) is 37.3 Å². The molecule has 1 N–H and O–H groups in total. The lowest BCUT2D eigenvalue weighted by molar-refractivity contribution is 0.198. The number of hydrogen-bond acceptors (Lipinski definition) is 5. The third kappa shape index (κ3) is 6.07. The summed E-state index contributed by atoms with van der Waals surface area (Å²) in [6, 6.07) is 7.45. The summed E-state index contributed by atoms with van der Waals surface area (Å²) in [6.07, 6.45) is 5.30. The van der Waals surface area contributed by atoms with E-state index in [0.29, 0.717) is 29.2 Å². The van der Waals surface area contributed by atoms with Crippen molar-refractivity contribution in [3.8, 4) is 11.4 Å². The van der Waals surface area contributed by atoms with Gasteiger partial charge < -0.3 is 19.6 Å². The first-order valence-corrected chi connectivity index (χ1v) is 10.9. The van der Waals surface area contributed by atoms with Crippen LogP contribution in [0.1, 0.15) is 31.6 Å². The summed E-state index contributed by atoms with van der Waals surface area (Å²) in [6.45, 7) is 6.27. The van der Waals surface area contributed by atoms with E-state index in [1.165, 1.54) is 45.3 Å². The molecular weight excluding hydrogens is 515 g/mol. The SMILES string of the molecule is CN=C(NCc1nc(-c2cccc(Cl)c2)no1)N1CCC(CN2CCCCC2)C1.I. The Hall–Kier alpha value is -1.39. The zero-order chi connectivity index (χ0) is 20.1. The Labute approximate surface area is 200 Å². The van der Waals surface area contributed by atoms with Crippen LogP contribution in [0.15, 0.2) is 33.8 Å². The molecule has 2 aliphatic rings. The molecule has 0 saturated carbocycles. The fraction of sp³-hybridized carbons (Fsp3) is 0.571. The van der Waals surface area contributed by atoms with E-state index in [1.807, 2.05) is 31.3 Å². The second-order valence-corrected chi connectivity index (χ2v) is 8.32. The van der Waals surface area contributed by atoms with Gasteiger partial charge in [-0.25, -0.2) is 0 Å². The molecule has 0 spiro atoms. The second kappa shape index (κ2) is 11.3. The molecule has 7 nitrogen and oxygen atoms in total. The van der Waals surface area contributed by atoms with Gasteiger partial charge >= 0.3 is 0 Å². The average molecular weight is 545 g/mol. The third-order valence-electron chi connectivity index (χ3n) is 5.71. The molecule has 1 aromatic heterocycles. The van der Waals surface area contributed by atoms with Crippen molar-refractivity contribution < 1.29 is 4.52 Å². The number of hydrogen-bond donors (Lipinski definition) is 1. The molecule has 4 rings (SSSR count). The van der Waals surface area contributed by atoms with Gasteiger partial charge in [0.05, 0.1) is 6.54 Å². The van der Waals surface area contributed by atoms with Crippen molar-refractivity contribution >= 4 is 41.5 Å². The molecular formula is C21H30ClIN6O. The lowest BCUT2D eigenvalue weighted by Gasteiger charge is -2.29. The maximum absolute atomic E-state index is 6.05. The van der Waals surface area contributed by atoms with E-state index in [-0.39, 0.29) is 24.0 Å². The molecule has 0 amide bonds. The van der Waals surface area contributed by atoms with Crippen LogP contribution in [-0.2, 0) is 6.54 Å². The van der Waals surface area contributed by atoms with Gasteiger partial charge in [-0.15, -0.1) is 24.0 Å². The lowest BCUT2D eigenvalue weighted by Crippen LogP contribution is -2.41. The molecule has 1 unspecified atom stereocenters. The number of nitrogens with zero attached hydrogens (tertiary/aromatic N) is 5. The number of piperidine rings is 1. The van der Waals surface area contributed by atoms with Crippen molar-refractivity contribution in [1.82, 2.24) is 25.3 Å². The molecule has 0 aliphatic carbocycles. The van der Waals surface area contributed by atoms with Gasteiger partial charge in [0.15, 0.2) is 5.96 Å². The first-order chi connectivity index (χ1) is 14.2. The van der Waals surface area contributed by atoms with E-state index in [4.69, 9.17) is 16.1 Å². The molecule has 1 aromatic carbocycles. The number of aromatic nitrogens is 2. The van der Waals surface area contributed by atoms with Crippen LogP contribution in [-0.4, -0.2) is 65.7 Å². The Kier molecular flexibility index (Phi) is 8.76. The van der Waals surface area contributed by atoms with Crippen molar-refractivity contribution in [3.63, 3.8) is 0 Å². The number of halogens is 2. The first-order valence-electron chi connectivity index (χ1n) is 10.5. The standard InChI is InChI=1S/C21H29ClN6O.HI/c1-23-21(28-11-8-16(15-28)14-27-9-3-2-4-10-27)24-13-19-25-20(26-29-19)17-6-5-7-18(22)12-17;/h5-7,12,16H,2-4,8-11,13-15H2,1H3,(H,23,24);1H. The molecule has 2 aromatic rings. The van der Waals surface area contributed by atoms with Crippen LogP contribution >= 0.6 is 35.6 Å². The minimum atomic E-state index is 0. The van der Waals surface area contributed by atoms with Crippen molar-refractivity contribution in [1.29, 1.82) is 0 Å². The van der Waals surface area contributed by atoms with Crippen LogP contribution in [0.4, 0.5) is 0 Å². The Bertz CT molecular complexity index is 838. The average Bonchev–Trinajstić information content (AvgIpc) is 3.39. The number of likely N-dealkylation sites (tertiary alicyclic amines) is 2. The van der Waals surface area contributed by atoms with Crippen LogP contribution in [0.25, 0.3) is 11.4 Å². The van der Waals surface area contributed by atoms with Gasteiger partial charge in [0.25, 0.3) is 0 Å². The van der Waals surface area contributed by atoms with E-state index < -0.39 is 0 Å². The van der Waals surface area contributed by atoms with Gasteiger partial charge in [-0.1, -0.05) is 35.3 Å². The lowest BCUT2D eigenvalue weighted by atomic mass is 10.1. The normalized spacial score (nSPS) is 20.3. The molecule has 1 atom stereocenters. The highest BCUT2D eigenvalue weighted by molar-refractivity contribution is 14.0. The summed E-state index contributed by atoms with van der Waals surface area (Å²) in [5.74, 6) is 2.69. The number of benzene rings is 1. The molecule has 2 fully saturated rings. The molecule has 9 heteroatoms. The van der Waals surface area contributed by atoms with Gasteiger partial charge in [-0.2, -0.15) is 4.98 Å². The van der Waals surface area contributed by atoms with Crippen molar-refractivity contribution in [2.24, 2.45) is 10.9 Å². The fourth-order valence-corrected chi connectivity index (χ4v) is 4.43. The Morgan fingerprint density at radius 2 is 2.10 bits per heavy atom. The van der Waals surface area contributed by atoms with Crippen molar-refractivity contribution in [2.45, 2.75) is 32.2 Å². The van der Waals surface area contributed by atoms with Gasteiger partial charge in [-0.05, 0) is 50.4 Å². The Balaban J connectivity index is 0.00000256. The van der Waals surface area contributed by atoms with Crippen molar-refractivity contribution in [3.05, 3.63) is 35.2 Å². The summed E-state index contributed by atoms with van der Waals surface area (Å²) >= 11 is 6.05. The zero-order valence-electron chi connectivity index (χ0n) is 17.4. The van der Waals surface area contributed by atoms with Crippen LogP contribution in [0.3, 0.4) is 0 Å². The number of aliphatic imine (C=N–C) groups is 1. The minimum Gasteiger partial charge on any atom is -0.347 e. The molecule has 164 valence electrons. The molecule has 30 heavy (non-hydrogen) atoms. The van der Waals surface area contributed by atoms with Gasteiger partial charge in [0.1, 0.15) is 0 Å². The van der Waals surface area contributed by atoms with Crippen molar-refractivity contribution in [2.75, 3.05) is 39.8 Å². The highest BCUT2D eigenvalue weighted by Gasteiger charge is 2.27. The highest BCUT2D eigenvalue weighted by Crippen LogP contribution is 2.21. The van der Waals surface area contributed by atoms with Gasteiger partial charge in [-0.3, -0.25) is 4.99 Å². The molecule has 3 heterocycles. The predicted octanol–water partition coefficient (Wildman–Crippen LogP) is 3.89. The number of rotatable bonds is 5. The number of nitrogens with one attached hydrogen (secondary N) is 1. The summed E-state index contributed by atoms with van der Waals surface area (Å²) in [5, 5.41) is 8.08. The second-order valence-electron chi connectivity index (χ2n) is 7.88. The summed E-state index contributed by atoms with van der Waals surface area (Å²) in [5.41, 5.74) is 0.844. The molecule has 0 bridgehead atoms. The summed E-state index contributed by atoms with van der Waals surface area (Å²) < 4.78 is 5.39. The smallest absolute Gasteiger partial charge is 0.246 e. The van der Waals surface area contributed by atoms with Crippen LogP contribution in [0.2, 0.25) is 5.02 Å². The quantitative estimate of drug-likeness (QED) is 0.350. The molecule has 0 radical (unpaired) electrons. The highest BCUT2D eigenvalue weighted by atomic mass is 127. The third-order valence-corrected chi connectivity index (χ3v) is 5.95. The Morgan fingerprint density at radius 1 is 1.27 bits per heavy atom. The first kappa shape index (κ1) is 23.3. The zero-order valence-corrected chi connectivity index (χ0v) is 20.5. The van der Waals surface area contributed by atoms with Gasteiger partial charge in [0.2, 0.25) is 11.7 Å². The van der Waals surface area contributed by atoms with E-state index in [0.717, 1.165) is 24.6 Å². The van der Waals surface area contributed by atoms with Crippen LogP contribution in [0, 0.1) is 5.92 Å². The monoisotopic (exact) mass is 544 g/mol. The number of guanidine groups is 1. The van der Waals surface area contributed by atoms with Crippen LogP contribution in [0.5, 0.6) is 0 Å². The van der Waals surface area contributed by atoms with E-state index in [1.54, 1.807) is 0 Å². The topological polar surface area (TPSA) is 69.8 Å². The predicted molar refractivity (Wildman–Crippen MR) is 130 cm³/mol. The minimum absolute atomic E-state index is 0. The molecule has 2 aliphatic heterocycles. The Morgan fingerprint density at radius 3 is 2.87 bits per heavy atom. The maximum atomic E-state index is 6.05. The maximum Gasteiger partial charge on any atom is 0.246 e. The van der Waals surface area contributed by atoms with E-state index >= 15 is 0 Å². The van der Waals surface area contributed by atoms with E-state index in [2.05, 4.69) is 30.2 Å².